The van der Waals surface area contributed by atoms with E-state index in [1.807, 2.05) is 4.90 Å². The Kier molecular flexibility index (Phi) is 6.94. The highest BCUT2D eigenvalue weighted by Crippen LogP contribution is 2.26. The summed E-state index contributed by atoms with van der Waals surface area (Å²) >= 11 is 2.87. The van der Waals surface area contributed by atoms with Gasteiger partial charge in [0, 0.05) is 42.7 Å². The number of carbonyl (C=O) groups is 2. The van der Waals surface area contributed by atoms with Gasteiger partial charge in [-0.25, -0.2) is 9.78 Å². The summed E-state index contributed by atoms with van der Waals surface area (Å²) in [7, 11) is 0. The van der Waals surface area contributed by atoms with Crippen LogP contribution in [0.1, 0.15) is 55.9 Å². The quantitative estimate of drug-likeness (QED) is 0.656. The molecule has 3 rings (SSSR count). The normalized spacial score (nSPS) is 26.4. The molecule has 0 radical (unpaired) electrons. The van der Waals surface area contributed by atoms with Gasteiger partial charge in [0.05, 0.1) is 0 Å². The average Bonchev–Trinajstić information content (AvgIpc) is 3.22. The first-order chi connectivity index (χ1) is 12.5. The number of carboxylic acids is 1. The molecule has 2 aliphatic rings. The van der Waals surface area contributed by atoms with Gasteiger partial charge in [-0.2, -0.15) is 0 Å². The van der Waals surface area contributed by atoms with Gasteiger partial charge in [-0.05, 0) is 25.2 Å². The monoisotopic (exact) mass is 397 g/mol. The number of thiazole rings is 1. The minimum absolute atomic E-state index is 0.0958. The van der Waals surface area contributed by atoms with Crippen molar-refractivity contribution in [2.24, 2.45) is 5.92 Å². The van der Waals surface area contributed by atoms with E-state index in [9.17, 15) is 9.59 Å². The van der Waals surface area contributed by atoms with E-state index < -0.39 is 5.97 Å². The maximum Gasteiger partial charge on any atom is 0.355 e. The molecular weight excluding hydrogens is 370 g/mol. The summed E-state index contributed by atoms with van der Waals surface area (Å²) in [5.74, 6) is 0.706. The largest absolute Gasteiger partial charge is 0.476 e. The van der Waals surface area contributed by atoms with Crippen molar-refractivity contribution < 1.29 is 14.7 Å². The van der Waals surface area contributed by atoms with Gasteiger partial charge in [0.2, 0.25) is 5.91 Å². The second kappa shape index (κ2) is 9.19. The highest BCUT2D eigenvalue weighted by Gasteiger charge is 2.31. The lowest BCUT2D eigenvalue weighted by Crippen LogP contribution is -2.46. The Morgan fingerprint density at radius 3 is 2.96 bits per heavy atom. The third-order valence-electron chi connectivity index (χ3n) is 5.44. The first kappa shape index (κ1) is 19.6. The number of nitrogens with one attached hydrogen (secondary N) is 1. The summed E-state index contributed by atoms with van der Waals surface area (Å²) in [5, 5.41) is 14.2. The molecule has 1 aromatic rings. The number of aromatic carboxylic acids is 1. The van der Waals surface area contributed by atoms with Gasteiger partial charge in [0.25, 0.3) is 0 Å². The SMILES string of the molecule is CC1CCCCC1NCC1CCC(=O)N1CCSc1nc(C(=O)O)cs1. The molecular formula is C18H27N3O3S2. The van der Waals surface area contributed by atoms with Crippen LogP contribution in [0.2, 0.25) is 0 Å². The third-order valence-corrected chi connectivity index (χ3v) is 7.44. The number of likely N-dealkylation sites (tertiary alicyclic amines) is 1. The zero-order valence-electron chi connectivity index (χ0n) is 15.1. The van der Waals surface area contributed by atoms with Crippen LogP contribution in [0.4, 0.5) is 0 Å². The lowest BCUT2D eigenvalue weighted by Gasteiger charge is -2.32. The van der Waals surface area contributed by atoms with Gasteiger partial charge in [-0.1, -0.05) is 31.5 Å². The third kappa shape index (κ3) is 4.98. The predicted molar refractivity (Wildman–Crippen MR) is 104 cm³/mol. The maximum atomic E-state index is 12.2. The van der Waals surface area contributed by atoms with E-state index in [0.717, 1.165) is 29.0 Å². The van der Waals surface area contributed by atoms with Gasteiger partial charge in [0.1, 0.15) is 0 Å². The van der Waals surface area contributed by atoms with Crippen LogP contribution in [0.15, 0.2) is 9.72 Å². The fraction of sp³-hybridized carbons (Fsp3) is 0.722. The van der Waals surface area contributed by atoms with Crippen LogP contribution in [0, 0.1) is 5.92 Å². The summed E-state index contributed by atoms with van der Waals surface area (Å²) in [5.41, 5.74) is 0.0958. The summed E-state index contributed by atoms with van der Waals surface area (Å²) < 4.78 is 0.750. The Hall–Kier alpha value is -1.12. The molecule has 0 bridgehead atoms. The summed E-state index contributed by atoms with van der Waals surface area (Å²) in [4.78, 5) is 29.2. The molecule has 2 heterocycles. The Bertz CT molecular complexity index is 637. The van der Waals surface area contributed by atoms with Crippen LogP contribution >= 0.6 is 23.1 Å². The van der Waals surface area contributed by atoms with Crippen molar-refractivity contribution in [1.29, 1.82) is 0 Å². The molecule has 144 valence electrons. The van der Waals surface area contributed by atoms with E-state index in [-0.39, 0.29) is 17.6 Å². The van der Waals surface area contributed by atoms with Gasteiger partial charge in [-0.15, -0.1) is 11.3 Å². The number of hydrogen-bond acceptors (Lipinski definition) is 6. The van der Waals surface area contributed by atoms with E-state index in [4.69, 9.17) is 5.11 Å². The van der Waals surface area contributed by atoms with Crippen molar-refractivity contribution in [3.05, 3.63) is 11.1 Å². The van der Waals surface area contributed by atoms with Gasteiger partial charge in [-0.3, -0.25) is 4.79 Å². The second-order valence-corrected chi connectivity index (χ2v) is 9.41. The Labute approximate surface area is 162 Å². The molecule has 0 aromatic carbocycles. The molecule has 3 unspecified atom stereocenters. The summed E-state index contributed by atoms with van der Waals surface area (Å²) in [6.07, 6.45) is 6.75. The number of rotatable bonds is 8. The molecule has 2 N–H and O–H groups in total. The molecule has 1 aromatic heterocycles. The van der Waals surface area contributed by atoms with E-state index in [1.54, 1.807) is 5.38 Å². The highest BCUT2D eigenvalue weighted by atomic mass is 32.2. The number of nitrogens with zero attached hydrogens (tertiary/aromatic N) is 2. The first-order valence-electron chi connectivity index (χ1n) is 9.39. The highest BCUT2D eigenvalue weighted by molar-refractivity contribution is 8.01. The zero-order chi connectivity index (χ0) is 18.5. The number of amides is 1. The molecule has 1 aliphatic carbocycles. The fourth-order valence-electron chi connectivity index (χ4n) is 3.87. The zero-order valence-corrected chi connectivity index (χ0v) is 16.8. The van der Waals surface area contributed by atoms with Crippen LogP contribution in [-0.4, -0.2) is 57.8 Å². The Balaban J connectivity index is 1.45. The molecule has 3 atom stereocenters. The smallest absolute Gasteiger partial charge is 0.355 e. The van der Waals surface area contributed by atoms with Gasteiger partial charge >= 0.3 is 5.97 Å². The average molecular weight is 398 g/mol. The number of hydrogen-bond donors (Lipinski definition) is 2. The molecule has 1 amide bonds. The standard InChI is InChI=1S/C18H27N3O3S2/c1-12-4-2-3-5-14(12)19-10-13-6-7-16(22)21(13)8-9-25-18-20-15(11-26-18)17(23)24/h11-14,19H,2-10H2,1H3,(H,23,24). The first-order valence-corrected chi connectivity index (χ1v) is 11.3. The van der Waals surface area contributed by atoms with E-state index >= 15 is 0 Å². The predicted octanol–water partition coefficient (Wildman–Crippen LogP) is 3.09. The Morgan fingerprint density at radius 1 is 1.42 bits per heavy atom. The molecule has 6 nitrogen and oxygen atoms in total. The fourth-order valence-corrected chi connectivity index (χ4v) is 5.68. The number of carboxylic acid groups (broad SMARTS) is 1. The Morgan fingerprint density at radius 2 is 2.23 bits per heavy atom. The molecule has 8 heteroatoms. The van der Waals surface area contributed by atoms with E-state index in [0.29, 0.717) is 19.0 Å². The lowest BCUT2D eigenvalue weighted by molar-refractivity contribution is -0.128. The molecule has 1 aliphatic heterocycles. The minimum Gasteiger partial charge on any atom is -0.476 e. The molecule has 1 saturated heterocycles. The van der Waals surface area contributed by atoms with Gasteiger partial charge < -0.3 is 15.3 Å². The second-order valence-electron chi connectivity index (χ2n) is 7.21. The molecule has 2 fully saturated rings. The van der Waals surface area contributed by atoms with Crippen molar-refractivity contribution >= 4 is 35.0 Å². The molecule has 26 heavy (non-hydrogen) atoms. The van der Waals surface area contributed by atoms with Crippen molar-refractivity contribution in [3.63, 3.8) is 0 Å². The van der Waals surface area contributed by atoms with Crippen molar-refractivity contribution in [1.82, 2.24) is 15.2 Å². The number of aromatic nitrogens is 1. The summed E-state index contributed by atoms with van der Waals surface area (Å²) in [6.45, 7) is 3.90. The maximum absolute atomic E-state index is 12.2. The van der Waals surface area contributed by atoms with E-state index in [1.165, 1.54) is 48.8 Å². The van der Waals surface area contributed by atoms with Crippen molar-refractivity contribution in [2.45, 2.75) is 61.9 Å². The van der Waals surface area contributed by atoms with Crippen LogP contribution < -0.4 is 5.32 Å². The molecule has 0 spiro atoms. The van der Waals surface area contributed by atoms with Gasteiger partial charge in [0.15, 0.2) is 10.0 Å². The number of thioether (sulfide) groups is 1. The van der Waals surface area contributed by atoms with Crippen LogP contribution in [-0.2, 0) is 4.79 Å². The van der Waals surface area contributed by atoms with Crippen LogP contribution in [0.25, 0.3) is 0 Å². The van der Waals surface area contributed by atoms with Crippen molar-refractivity contribution in [2.75, 3.05) is 18.8 Å². The topological polar surface area (TPSA) is 82.5 Å². The van der Waals surface area contributed by atoms with Crippen molar-refractivity contribution in [3.8, 4) is 0 Å². The van der Waals surface area contributed by atoms with Crippen LogP contribution in [0.5, 0.6) is 0 Å². The minimum atomic E-state index is -0.995. The van der Waals surface area contributed by atoms with E-state index in [2.05, 4.69) is 17.2 Å². The van der Waals surface area contributed by atoms with Crippen LogP contribution in [0.3, 0.4) is 0 Å². The summed E-state index contributed by atoms with van der Waals surface area (Å²) in [6, 6.07) is 0.864. The number of carbonyl (C=O) groups excluding carboxylic acids is 1. The lowest BCUT2D eigenvalue weighted by atomic mass is 9.86. The molecule has 1 saturated carbocycles.